The van der Waals surface area contributed by atoms with Gasteiger partial charge in [0, 0.05) is 24.9 Å². The summed E-state index contributed by atoms with van der Waals surface area (Å²) in [6, 6.07) is -0.405. The van der Waals surface area contributed by atoms with Crippen molar-refractivity contribution >= 4 is 18.1 Å². The minimum absolute atomic E-state index is 0.203. The highest BCUT2D eigenvalue weighted by Gasteiger charge is 2.54. The Hall–Kier alpha value is -1.99. The van der Waals surface area contributed by atoms with Gasteiger partial charge in [-0.2, -0.15) is 0 Å². The van der Waals surface area contributed by atoms with E-state index in [9.17, 15) is 14.4 Å². The molecule has 0 aromatic heterocycles. The zero-order valence-electron chi connectivity index (χ0n) is 16.5. The quantitative estimate of drug-likeness (QED) is 0.776. The number of carbonyl (C=O) groups excluding carboxylic acids is 3. The first-order valence-electron chi connectivity index (χ1n) is 9.05. The van der Waals surface area contributed by atoms with Gasteiger partial charge in [0.05, 0.1) is 0 Å². The Morgan fingerprint density at radius 1 is 0.962 bits per heavy atom. The first-order chi connectivity index (χ1) is 11.7. The Labute approximate surface area is 154 Å². The van der Waals surface area contributed by atoms with Gasteiger partial charge in [-0.15, -0.1) is 0 Å². The average Bonchev–Trinajstić information content (AvgIpc) is 2.67. The molecule has 8 heteroatoms. The summed E-state index contributed by atoms with van der Waals surface area (Å²) in [6.45, 7) is 10.7. The van der Waals surface area contributed by atoms with Crippen LogP contribution < -0.4 is 11.1 Å². The second kappa shape index (κ2) is 6.63. The lowest BCUT2D eigenvalue weighted by atomic mass is 9.82. The number of primary amides is 1. The number of nitrogens with one attached hydrogen (secondary N) is 1. The topological polar surface area (TPSA) is 111 Å². The van der Waals surface area contributed by atoms with E-state index in [0.29, 0.717) is 0 Å². The van der Waals surface area contributed by atoms with Gasteiger partial charge < -0.3 is 25.4 Å². The van der Waals surface area contributed by atoms with E-state index in [1.165, 1.54) is 0 Å². The van der Waals surface area contributed by atoms with Gasteiger partial charge in [0.15, 0.2) is 0 Å². The number of nitrogens with two attached hydrogens (primary N) is 1. The zero-order chi connectivity index (χ0) is 19.9. The Morgan fingerprint density at radius 2 is 1.42 bits per heavy atom. The zero-order valence-corrected chi connectivity index (χ0v) is 16.5. The Kier molecular flexibility index (Phi) is 5.18. The van der Waals surface area contributed by atoms with Crippen molar-refractivity contribution in [2.45, 2.75) is 96.1 Å². The fourth-order valence-corrected chi connectivity index (χ4v) is 3.73. The molecule has 2 saturated heterocycles. The van der Waals surface area contributed by atoms with Crippen LogP contribution in [0.15, 0.2) is 0 Å². The minimum Gasteiger partial charge on any atom is -0.444 e. The molecule has 8 nitrogen and oxygen atoms in total. The molecule has 2 rings (SSSR count). The fraction of sp³-hybridized carbons (Fsp3) is 0.833. The van der Waals surface area contributed by atoms with Crippen molar-refractivity contribution in [3.63, 3.8) is 0 Å². The number of fused-ring (bicyclic) bond motifs is 2. The van der Waals surface area contributed by atoms with E-state index in [4.69, 9.17) is 15.2 Å². The molecule has 0 radical (unpaired) electrons. The van der Waals surface area contributed by atoms with Crippen molar-refractivity contribution in [1.29, 1.82) is 0 Å². The van der Waals surface area contributed by atoms with Crippen LogP contribution in [0.5, 0.6) is 0 Å². The van der Waals surface area contributed by atoms with Gasteiger partial charge in [0.25, 0.3) is 0 Å². The molecule has 0 aliphatic carbocycles. The number of amides is 3. The highest BCUT2D eigenvalue weighted by molar-refractivity contribution is 5.89. The molecular formula is C18H31N3O5. The van der Waals surface area contributed by atoms with Crippen LogP contribution in [0, 0.1) is 0 Å². The van der Waals surface area contributed by atoms with Gasteiger partial charge in [0.2, 0.25) is 5.91 Å². The predicted molar refractivity (Wildman–Crippen MR) is 95.4 cm³/mol. The molecule has 2 aliphatic rings. The number of alkyl carbamates (subject to hydrolysis) is 1. The molecule has 0 spiro atoms. The first-order valence-corrected chi connectivity index (χ1v) is 9.05. The van der Waals surface area contributed by atoms with Crippen LogP contribution in [0.1, 0.15) is 67.2 Å². The van der Waals surface area contributed by atoms with Crippen molar-refractivity contribution in [2.24, 2.45) is 5.73 Å². The van der Waals surface area contributed by atoms with Crippen LogP contribution in [0.3, 0.4) is 0 Å². The van der Waals surface area contributed by atoms with Crippen molar-refractivity contribution in [2.75, 3.05) is 0 Å². The molecule has 0 saturated carbocycles. The van der Waals surface area contributed by atoms with E-state index in [1.807, 2.05) is 20.8 Å². The van der Waals surface area contributed by atoms with Crippen molar-refractivity contribution < 1.29 is 23.9 Å². The summed E-state index contributed by atoms with van der Waals surface area (Å²) in [4.78, 5) is 38.7. The Balaban J connectivity index is 2.16. The number of ether oxygens (including phenoxy) is 2. The fourth-order valence-electron chi connectivity index (χ4n) is 3.73. The van der Waals surface area contributed by atoms with E-state index >= 15 is 0 Å². The lowest BCUT2D eigenvalue weighted by Crippen LogP contribution is -2.66. The van der Waals surface area contributed by atoms with E-state index in [1.54, 1.807) is 25.7 Å². The summed E-state index contributed by atoms with van der Waals surface area (Å²) in [5.41, 5.74) is 3.16. The molecular weight excluding hydrogens is 338 g/mol. The third-order valence-corrected chi connectivity index (χ3v) is 4.60. The number of rotatable bonds is 2. The maximum atomic E-state index is 12.5. The van der Waals surface area contributed by atoms with Crippen LogP contribution in [0.4, 0.5) is 9.59 Å². The van der Waals surface area contributed by atoms with Gasteiger partial charge >= 0.3 is 12.2 Å². The summed E-state index contributed by atoms with van der Waals surface area (Å²) in [5, 5.41) is 2.68. The molecule has 26 heavy (non-hydrogen) atoms. The van der Waals surface area contributed by atoms with Crippen molar-refractivity contribution in [1.82, 2.24) is 10.2 Å². The van der Waals surface area contributed by atoms with E-state index in [2.05, 4.69) is 5.32 Å². The van der Waals surface area contributed by atoms with Crippen LogP contribution in [-0.2, 0) is 14.3 Å². The maximum Gasteiger partial charge on any atom is 0.410 e. The second-order valence-corrected chi connectivity index (χ2v) is 9.25. The van der Waals surface area contributed by atoms with Gasteiger partial charge in [0.1, 0.15) is 16.7 Å². The minimum atomic E-state index is -1.22. The second-order valence-electron chi connectivity index (χ2n) is 9.25. The predicted octanol–water partition coefficient (Wildman–Crippen LogP) is 2.30. The number of carbonyl (C=O) groups is 3. The van der Waals surface area contributed by atoms with E-state index < -0.39 is 28.7 Å². The van der Waals surface area contributed by atoms with Gasteiger partial charge in [-0.3, -0.25) is 4.79 Å². The van der Waals surface area contributed by atoms with Crippen LogP contribution in [-0.4, -0.2) is 51.8 Å². The number of piperidine rings is 1. The molecule has 0 aromatic carbocycles. The van der Waals surface area contributed by atoms with Crippen molar-refractivity contribution in [3.8, 4) is 0 Å². The summed E-state index contributed by atoms with van der Waals surface area (Å²) in [7, 11) is 0. The molecule has 3 N–H and O–H groups in total. The van der Waals surface area contributed by atoms with Crippen molar-refractivity contribution in [3.05, 3.63) is 0 Å². The standard InChI is InChI=1S/C18H31N3O5/c1-16(2,3)25-14(23)20-18(13(19)22)9-11-7-8-12(10-18)21(11)15(24)26-17(4,5)6/h11-12H,7-10H2,1-6H3,(H2,19,22)(H,20,23). The molecule has 0 aromatic rings. The maximum absolute atomic E-state index is 12.5. The normalized spacial score (nSPS) is 28.5. The summed E-state index contributed by atoms with van der Waals surface area (Å²) in [5.74, 6) is -0.607. The van der Waals surface area contributed by atoms with Crippen LogP contribution in [0.2, 0.25) is 0 Å². The summed E-state index contributed by atoms with van der Waals surface area (Å²) in [6.07, 6.45) is 0.945. The monoisotopic (exact) mass is 369 g/mol. The van der Waals surface area contributed by atoms with Gasteiger partial charge in [-0.25, -0.2) is 9.59 Å². The number of hydrogen-bond acceptors (Lipinski definition) is 5. The molecule has 2 unspecified atom stereocenters. The molecule has 2 heterocycles. The first kappa shape index (κ1) is 20.3. The smallest absolute Gasteiger partial charge is 0.410 e. The molecule has 148 valence electrons. The molecule has 2 atom stereocenters. The third kappa shape index (κ3) is 4.59. The van der Waals surface area contributed by atoms with E-state index in [0.717, 1.165) is 12.8 Å². The molecule has 2 bridgehead atoms. The number of nitrogens with zero attached hydrogens (tertiary/aromatic N) is 1. The molecule has 3 amide bonds. The van der Waals surface area contributed by atoms with E-state index in [-0.39, 0.29) is 31.0 Å². The van der Waals surface area contributed by atoms with Crippen LogP contribution in [0.25, 0.3) is 0 Å². The average molecular weight is 369 g/mol. The summed E-state index contributed by atoms with van der Waals surface area (Å²) >= 11 is 0. The lowest BCUT2D eigenvalue weighted by Gasteiger charge is -2.45. The number of hydrogen-bond donors (Lipinski definition) is 2. The molecule has 2 aliphatic heterocycles. The highest BCUT2D eigenvalue weighted by Crippen LogP contribution is 2.41. The van der Waals surface area contributed by atoms with Crippen LogP contribution >= 0.6 is 0 Å². The Morgan fingerprint density at radius 3 is 1.81 bits per heavy atom. The SMILES string of the molecule is CC(C)(C)OC(=O)NC1(C(N)=O)CC2CCC(C1)N2C(=O)OC(C)(C)C. The van der Waals surface area contributed by atoms with Gasteiger partial charge in [-0.05, 0) is 54.4 Å². The largest absolute Gasteiger partial charge is 0.444 e. The van der Waals surface area contributed by atoms with Gasteiger partial charge in [-0.1, -0.05) is 0 Å². The molecule has 2 fully saturated rings. The lowest BCUT2D eigenvalue weighted by molar-refractivity contribution is -0.127. The Bertz CT molecular complexity index is 577. The summed E-state index contributed by atoms with van der Waals surface area (Å²) < 4.78 is 10.8. The highest BCUT2D eigenvalue weighted by atomic mass is 16.6. The third-order valence-electron chi connectivity index (χ3n) is 4.60.